The van der Waals surface area contributed by atoms with Crippen molar-refractivity contribution in [2.24, 2.45) is 5.73 Å². The van der Waals surface area contributed by atoms with Crippen LogP contribution in [-0.4, -0.2) is 6.04 Å². The fourth-order valence-electron chi connectivity index (χ4n) is 1.94. The van der Waals surface area contributed by atoms with E-state index in [2.05, 4.69) is 32.0 Å². The van der Waals surface area contributed by atoms with E-state index >= 15 is 0 Å². The zero-order chi connectivity index (χ0) is 11.6. The maximum Gasteiger partial charge on any atom is 0.0438 e. The third kappa shape index (κ3) is 3.22. The largest absolute Gasteiger partial charge is 0.328 e. The molecule has 84 valence electrons. The highest BCUT2D eigenvalue weighted by Crippen LogP contribution is 2.30. The molecule has 1 aromatic rings. The standard InChI is InChI=1S/C13H20ClN/c1-9-5-6-11(7-12(9)14)13(3,4)8-10(2)15/h5-7,10H,8,15H2,1-4H3. The van der Waals surface area contributed by atoms with Crippen LogP contribution in [0.3, 0.4) is 0 Å². The molecule has 0 radical (unpaired) electrons. The Morgan fingerprint density at radius 2 is 2.00 bits per heavy atom. The molecule has 2 N–H and O–H groups in total. The Kier molecular flexibility index (Phi) is 3.80. The number of benzene rings is 1. The molecule has 1 aromatic carbocycles. The van der Waals surface area contributed by atoms with Crippen LogP contribution in [0.15, 0.2) is 18.2 Å². The van der Waals surface area contributed by atoms with Gasteiger partial charge in [0.15, 0.2) is 0 Å². The van der Waals surface area contributed by atoms with E-state index < -0.39 is 0 Å². The Hall–Kier alpha value is -0.530. The van der Waals surface area contributed by atoms with Gasteiger partial charge in [-0.3, -0.25) is 0 Å². The molecule has 0 aliphatic carbocycles. The van der Waals surface area contributed by atoms with Crippen LogP contribution in [0.1, 0.15) is 38.3 Å². The summed E-state index contributed by atoms with van der Waals surface area (Å²) in [5.74, 6) is 0. The second kappa shape index (κ2) is 4.54. The summed E-state index contributed by atoms with van der Waals surface area (Å²) in [6.07, 6.45) is 0.965. The molecule has 0 aromatic heterocycles. The highest BCUT2D eigenvalue weighted by atomic mass is 35.5. The van der Waals surface area contributed by atoms with Crippen LogP contribution < -0.4 is 5.73 Å². The second-order valence-corrected chi connectivity index (χ2v) is 5.44. The summed E-state index contributed by atoms with van der Waals surface area (Å²) in [4.78, 5) is 0. The van der Waals surface area contributed by atoms with Gasteiger partial charge in [0.05, 0.1) is 0 Å². The van der Waals surface area contributed by atoms with Crippen molar-refractivity contribution in [3.05, 3.63) is 34.3 Å². The maximum atomic E-state index is 6.13. The number of nitrogens with two attached hydrogens (primary N) is 1. The molecule has 0 aliphatic heterocycles. The predicted octanol–water partition coefficient (Wildman–Crippen LogP) is 3.66. The molecule has 1 rings (SSSR count). The van der Waals surface area contributed by atoms with Crippen molar-refractivity contribution in [1.29, 1.82) is 0 Å². The molecular weight excluding hydrogens is 206 g/mol. The highest BCUT2D eigenvalue weighted by molar-refractivity contribution is 6.31. The summed E-state index contributed by atoms with van der Waals surface area (Å²) in [7, 11) is 0. The number of hydrogen-bond acceptors (Lipinski definition) is 1. The third-order valence-corrected chi connectivity index (χ3v) is 3.19. The monoisotopic (exact) mass is 225 g/mol. The van der Waals surface area contributed by atoms with Gasteiger partial charge in [0.1, 0.15) is 0 Å². The van der Waals surface area contributed by atoms with Gasteiger partial charge in [-0.25, -0.2) is 0 Å². The second-order valence-electron chi connectivity index (χ2n) is 5.03. The van der Waals surface area contributed by atoms with Crippen molar-refractivity contribution < 1.29 is 0 Å². The van der Waals surface area contributed by atoms with Gasteiger partial charge in [-0.15, -0.1) is 0 Å². The SMILES string of the molecule is Cc1ccc(C(C)(C)CC(C)N)cc1Cl. The third-order valence-electron chi connectivity index (χ3n) is 2.79. The molecule has 0 amide bonds. The van der Waals surface area contributed by atoms with E-state index in [4.69, 9.17) is 17.3 Å². The summed E-state index contributed by atoms with van der Waals surface area (Å²) in [5.41, 5.74) is 8.32. The van der Waals surface area contributed by atoms with Gasteiger partial charge in [-0.05, 0) is 42.9 Å². The zero-order valence-electron chi connectivity index (χ0n) is 9.97. The number of halogens is 1. The topological polar surface area (TPSA) is 26.0 Å². The molecule has 0 saturated carbocycles. The van der Waals surface area contributed by atoms with Gasteiger partial charge < -0.3 is 5.73 Å². The molecule has 0 bridgehead atoms. The van der Waals surface area contributed by atoms with Gasteiger partial charge in [0.25, 0.3) is 0 Å². The zero-order valence-corrected chi connectivity index (χ0v) is 10.7. The minimum Gasteiger partial charge on any atom is -0.328 e. The molecule has 0 saturated heterocycles. The van der Waals surface area contributed by atoms with Crippen LogP contribution in [0.5, 0.6) is 0 Å². The molecule has 1 nitrogen and oxygen atoms in total. The minimum absolute atomic E-state index is 0.0888. The van der Waals surface area contributed by atoms with Crippen LogP contribution in [0, 0.1) is 6.92 Å². The van der Waals surface area contributed by atoms with Crippen molar-refractivity contribution in [2.45, 2.75) is 45.6 Å². The average molecular weight is 226 g/mol. The van der Waals surface area contributed by atoms with Gasteiger partial charge >= 0.3 is 0 Å². The lowest BCUT2D eigenvalue weighted by Crippen LogP contribution is -2.28. The van der Waals surface area contributed by atoms with Crippen LogP contribution >= 0.6 is 11.6 Å². The first-order chi connectivity index (χ1) is 6.83. The van der Waals surface area contributed by atoms with Crippen molar-refractivity contribution in [3.8, 4) is 0 Å². The molecule has 0 heterocycles. The van der Waals surface area contributed by atoms with E-state index in [-0.39, 0.29) is 11.5 Å². The molecule has 1 unspecified atom stereocenters. The fourth-order valence-corrected chi connectivity index (χ4v) is 2.12. The van der Waals surface area contributed by atoms with E-state index in [0.29, 0.717) is 0 Å². The number of rotatable bonds is 3. The highest BCUT2D eigenvalue weighted by Gasteiger charge is 2.22. The quantitative estimate of drug-likeness (QED) is 0.835. The normalized spacial score (nSPS) is 14.0. The predicted molar refractivity (Wildman–Crippen MR) is 67.5 cm³/mol. The first-order valence-corrected chi connectivity index (χ1v) is 5.73. The first-order valence-electron chi connectivity index (χ1n) is 5.35. The van der Waals surface area contributed by atoms with Gasteiger partial charge in [-0.1, -0.05) is 37.6 Å². The van der Waals surface area contributed by atoms with Crippen molar-refractivity contribution >= 4 is 11.6 Å². The summed E-state index contributed by atoms with van der Waals surface area (Å²) in [6.45, 7) is 8.47. The maximum absolute atomic E-state index is 6.13. The lowest BCUT2D eigenvalue weighted by atomic mass is 9.79. The Morgan fingerprint density at radius 1 is 1.40 bits per heavy atom. The van der Waals surface area contributed by atoms with Crippen LogP contribution in [-0.2, 0) is 5.41 Å². The summed E-state index contributed by atoms with van der Waals surface area (Å²) in [5, 5.41) is 0.838. The van der Waals surface area contributed by atoms with E-state index in [1.807, 2.05) is 13.8 Å². The molecular formula is C13H20ClN. The van der Waals surface area contributed by atoms with Crippen LogP contribution in [0.4, 0.5) is 0 Å². The van der Waals surface area contributed by atoms with Gasteiger partial charge in [-0.2, -0.15) is 0 Å². The first kappa shape index (κ1) is 12.5. The Balaban J connectivity index is 2.99. The molecule has 1 atom stereocenters. The molecule has 0 spiro atoms. The van der Waals surface area contributed by atoms with Gasteiger partial charge in [0.2, 0.25) is 0 Å². The van der Waals surface area contributed by atoms with E-state index in [1.165, 1.54) is 5.56 Å². The van der Waals surface area contributed by atoms with Gasteiger partial charge in [0, 0.05) is 11.1 Å². The van der Waals surface area contributed by atoms with Crippen molar-refractivity contribution in [3.63, 3.8) is 0 Å². The van der Waals surface area contributed by atoms with Crippen molar-refractivity contribution in [1.82, 2.24) is 0 Å². The lowest BCUT2D eigenvalue weighted by Gasteiger charge is -2.27. The Bertz CT molecular complexity index is 342. The molecule has 0 aliphatic rings. The molecule has 15 heavy (non-hydrogen) atoms. The lowest BCUT2D eigenvalue weighted by molar-refractivity contribution is 0.437. The van der Waals surface area contributed by atoms with Crippen LogP contribution in [0.25, 0.3) is 0 Å². The summed E-state index contributed by atoms with van der Waals surface area (Å²) in [6, 6.07) is 6.48. The molecule has 2 heteroatoms. The number of hydrogen-bond donors (Lipinski definition) is 1. The average Bonchev–Trinajstić information content (AvgIpc) is 2.07. The summed E-state index contributed by atoms with van der Waals surface area (Å²) >= 11 is 6.13. The van der Waals surface area contributed by atoms with Crippen LogP contribution in [0.2, 0.25) is 5.02 Å². The number of aryl methyl sites for hydroxylation is 1. The fraction of sp³-hybridized carbons (Fsp3) is 0.538. The van der Waals surface area contributed by atoms with Crippen molar-refractivity contribution in [2.75, 3.05) is 0 Å². The molecule has 0 fully saturated rings. The Morgan fingerprint density at radius 3 is 2.47 bits per heavy atom. The summed E-state index contributed by atoms with van der Waals surface area (Å²) < 4.78 is 0. The smallest absolute Gasteiger partial charge is 0.0438 e. The van der Waals surface area contributed by atoms with E-state index in [0.717, 1.165) is 17.0 Å². The van der Waals surface area contributed by atoms with E-state index in [9.17, 15) is 0 Å². The Labute approximate surface area is 97.6 Å². The van der Waals surface area contributed by atoms with E-state index in [1.54, 1.807) is 0 Å². The minimum atomic E-state index is 0.0888.